The average Bonchev–Trinajstić information content (AvgIpc) is 2.48. The number of hydrogen-bond donors (Lipinski definition) is 2. The van der Waals surface area contributed by atoms with E-state index < -0.39 is 11.9 Å². The van der Waals surface area contributed by atoms with Crippen LogP contribution in [0.2, 0.25) is 0 Å². The highest BCUT2D eigenvalue weighted by molar-refractivity contribution is 5.98. The van der Waals surface area contributed by atoms with Gasteiger partial charge in [0.25, 0.3) is 0 Å². The minimum atomic E-state index is -1.07. The Morgan fingerprint density at radius 1 is 1.00 bits per heavy atom. The van der Waals surface area contributed by atoms with Gasteiger partial charge in [-0.15, -0.1) is 0 Å². The van der Waals surface area contributed by atoms with Crippen LogP contribution in [0.5, 0.6) is 5.75 Å². The molecule has 6 heteroatoms. The van der Waals surface area contributed by atoms with Crippen molar-refractivity contribution >= 4 is 18.2 Å². The fourth-order valence-corrected chi connectivity index (χ4v) is 1.63. The van der Waals surface area contributed by atoms with Crippen LogP contribution in [-0.4, -0.2) is 28.4 Å². The van der Waals surface area contributed by atoms with Crippen LogP contribution in [0, 0.1) is 0 Å². The third kappa shape index (κ3) is 3.66. The van der Waals surface area contributed by atoms with Gasteiger partial charge in [0.15, 0.2) is 5.75 Å². The molecule has 0 spiro atoms. The molecule has 0 aliphatic carbocycles. The number of rotatable bonds is 5. The molecule has 0 aromatic heterocycles. The zero-order valence-corrected chi connectivity index (χ0v) is 10.8. The van der Waals surface area contributed by atoms with Crippen molar-refractivity contribution in [3.8, 4) is 5.75 Å². The summed E-state index contributed by atoms with van der Waals surface area (Å²) >= 11 is 0. The summed E-state index contributed by atoms with van der Waals surface area (Å²) in [7, 11) is 0. The summed E-state index contributed by atoms with van der Waals surface area (Å²) in [5.74, 6) is -1.88. The van der Waals surface area contributed by atoms with Gasteiger partial charge in [0, 0.05) is 5.56 Å². The first-order chi connectivity index (χ1) is 10.1. The van der Waals surface area contributed by atoms with E-state index in [9.17, 15) is 9.59 Å². The summed E-state index contributed by atoms with van der Waals surface area (Å²) in [6.45, 7) is 0. The fourth-order valence-electron chi connectivity index (χ4n) is 1.63. The molecular formula is C15H11NO5. The number of carboxylic acids is 2. The quantitative estimate of drug-likeness (QED) is 0.650. The van der Waals surface area contributed by atoms with Crippen molar-refractivity contribution < 1.29 is 24.6 Å². The van der Waals surface area contributed by atoms with E-state index in [0.29, 0.717) is 5.56 Å². The van der Waals surface area contributed by atoms with E-state index in [0.717, 1.165) is 0 Å². The minimum Gasteiger partial charge on any atom is -0.478 e. The second-order valence-electron chi connectivity index (χ2n) is 4.05. The van der Waals surface area contributed by atoms with Crippen LogP contribution in [0.1, 0.15) is 26.3 Å². The molecule has 0 fully saturated rings. The predicted molar refractivity (Wildman–Crippen MR) is 75.0 cm³/mol. The van der Waals surface area contributed by atoms with E-state index in [-0.39, 0.29) is 16.9 Å². The molecule has 0 atom stereocenters. The Labute approximate surface area is 119 Å². The SMILES string of the molecule is O=C(O)c1cccc(O/N=C/c2ccccc2C(=O)O)c1. The molecule has 0 heterocycles. The molecule has 2 aromatic carbocycles. The van der Waals surface area contributed by atoms with Crippen molar-refractivity contribution in [1.82, 2.24) is 0 Å². The molecule has 21 heavy (non-hydrogen) atoms. The molecule has 0 saturated carbocycles. The van der Waals surface area contributed by atoms with Gasteiger partial charge in [-0.1, -0.05) is 29.4 Å². The molecular weight excluding hydrogens is 274 g/mol. The van der Waals surface area contributed by atoms with E-state index >= 15 is 0 Å². The first-order valence-electron chi connectivity index (χ1n) is 5.94. The van der Waals surface area contributed by atoms with Gasteiger partial charge in [0.2, 0.25) is 0 Å². The van der Waals surface area contributed by atoms with Gasteiger partial charge in [-0.3, -0.25) is 0 Å². The predicted octanol–water partition coefficient (Wildman–Crippen LogP) is 2.50. The van der Waals surface area contributed by atoms with Crippen molar-refractivity contribution in [1.29, 1.82) is 0 Å². The van der Waals surface area contributed by atoms with Gasteiger partial charge in [0.1, 0.15) is 0 Å². The smallest absolute Gasteiger partial charge is 0.336 e. The Morgan fingerprint density at radius 2 is 1.76 bits per heavy atom. The fraction of sp³-hybridized carbons (Fsp3) is 0. The molecule has 6 nitrogen and oxygen atoms in total. The van der Waals surface area contributed by atoms with Crippen molar-refractivity contribution in [2.24, 2.45) is 5.16 Å². The van der Waals surface area contributed by atoms with Gasteiger partial charge in [-0.2, -0.15) is 0 Å². The molecule has 0 radical (unpaired) electrons. The van der Waals surface area contributed by atoms with Crippen molar-refractivity contribution in [3.05, 3.63) is 65.2 Å². The minimum absolute atomic E-state index is 0.0774. The Hall–Kier alpha value is -3.15. The number of oxime groups is 1. The third-order valence-corrected chi connectivity index (χ3v) is 2.62. The van der Waals surface area contributed by atoms with E-state index in [1.165, 1.54) is 30.5 Å². The summed E-state index contributed by atoms with van der Waals surface area (Å²) in [6.07, 6.45) is 1.26. The number of carbonyl (C=O) groups is 2. The molecule has 2 N–H and O–H groups in total. The highest BCUT2D eigenvalue weighted by Crippen LogP contribution is 2.14. The molecule has 0 aliphatic rings. The first kappa shape index (κ1) is 14.3. The summed E-state index contributed by atoms with van der Waals surface area (Å²) in [4.78, 5) is 26.9. The lowest BCUT2D eigenvalue weighted by Crippen LogP contribution is -2.01. The number of aromatic carboxylic acids is 2. The molecule has 2 aromatic rings. The van der Waals surface area contributed by atoms with E-state index in [1.807, 2.05) is 0 Å². The maximum absolute atomic E-state index is 11.0. The maximum Gasteiger partial charge on any atom is 0.336 e. The number of carboxylic acid groups (broad SMARTS) is 2. The van der Waals surface area contributed by atoms with E-state index in [2.05, 4.69) is 5.16 Å². The summed E-state index contributed by atoms with van der Waals surface area (Å²) in [5, 5.41) is 21.5. The Kier molecular flexibility index (Phi) is 4.30. The monoisotopic (exact) mass is 285 g/mol. The molecule has 106 valence electrons. The summed E-state index contributed by atoms with van der Waals surface area (Å²) in [5.41, 5.74) is 0.567. The normalized spacial score (nSPS) is 10.5. The van der Waals surface area contributed by atoms with Gasteiger partial charge < -0.3 is 15.1 Å². The van der Waals surface area contributed by atoms with E-state index in [1.54, 1.807) is 24.3 Å². The van der Waals surface area contributed by atoms with Gasteiger partial charge >= 0.3 is 11.9 Å². The largest absolute Gasteiger partial charge is 0.478 e. The van der Waals surface area contributed by atoms with Gasteiger partial charge in [-0.25, -0.2) is 9.59 Å². The lowest BCUT2D eigenvalue weighted by molar-refractivity contribution is 0.0685. The van der Waals surface area contributed by atoms with Gasteiger partial charge in [-0.05, 0) is 24.3 Å². The standard InChI is InChI=1S/C15H11NO5/c17-14(18)10-5-3-6-12(8-10)21-16-9-11-4-1-2-7-13(11)15(19)20/h1-9H,(H,17,18)(H,19,20)/b16-9+. The molecule has 2 rings (SSSR count). The molecule has 0 amide bonds. The lowest BCUT2D eigenvalue weighted by Gasteiger charge is -2.01. The molecule has 0 bridgehead atoms. The Morgan fingerprint density at radius 3 is 2.48 bits per heavy atom. The maximum atomic E-state index is 11.0. The summed E-state index contributed by atoms with van der Waals surface area (Å²) in [6, 6.07) is 12.2. The van der Waals surface area contributed by atoms with Gasteiger partial charge in [0.05, 0.1) is 17.3 Å². The Balaban J connectivity index is 2.15. The second kappa shape index (κ2) is 6.33. The average molecular weight is 285 g/mol. The Bertz CT molecular complexity index is 709. The van der Waals surface area contributed by atoms with Crippen LogP contribution < -0.4 is 4.84 Å². The highest BCUT2D eigenvalue weighted by atomic mass is 16.6. The van der Waals surface area contributed by atoms with Crippen LogP contribution in [0.4, 0.5) is 0 Å². The van der Waals surface area contributed by atoms with Crippen molar-refractivity contribution in [2.75, 3.05) is 0 Å². The lowest BCUT2D eigenvalue weighted by atomic mass is 10.1. The van der Waals surface area contributed by atoms with Crippen LogP contribution in [-0.2, 0) is 0 Å². The van der Waals surface area contributed by atoms with Crippen molar-refractivity contribution in [3.63, 3.8) is 0 Å². The highest BCUT2D eigenvalue weighted by Gasteiger charge is 2.07. The number of nitrogens with zero attached hydrogens (tertiary/aromatic N) is 1. The number of hydrogen-bond acceptors (Lipinski definition) is 4. The third-order valence-electron chi connectivity index (χ3n) is 2.62. The zero-order chi connectivity index (χ0) is 15.2. The first-order valence-corrected chi connectivity index (χ1v) is 5.94. The molecule has 0 saturated heterocycles. The van der Waals surface area contributed by atoms with Crippen LogP contribution in [0.25, 0.3) is 0 Å². The van der Waals surface area contributed by atoms with Crippen LogP contribution in [0.15, 0.2) is 53.7 Å². The molecule has 0 unspecified atom stereocenters. The van der Waals surface area contributed by atoms with Crippen LogP contribution in [0.3, 0.4) is 0 Å². The topological polar surface area (TPSA) is 96.2 Å². The van der Waals surface area contributed by atoms with Crippen LogP contribution >= 0.6 is 0 Å². The van der Waals surface area contributed by atoms with Crippen molar-refractivity contribution in [2.45, 2.75) is 0 Å². The van der Waals surface area contributed by atoms with E-state index in [4.69, 9.17) is 15.1 Å². The number of benzene rings is 2. The zero-order valence-electron chi connectivity index (χ0n) is 10.8. The second-order valence-corrected chi connectivity index (χ2v) is 4.05. The molecule has 0 aliphatic heterocycles. The summed E-state index contributed by atoms with van der Waals surface area (Å²) < 4.78 is 0.